The molecule has 8 heteroatoms. The van der Waals surface area contributed by atoms with Crippen molar-refractivity contribution in [1.29, 1.82) is 0 Å². The third-order valence-corrected chi connectivity index (χ3v) is 6.49. The summed E-state index contributed by atoms with van der Waals surface area (Å²) in [5, 5.41) is 11.5. The minimum Gasteiger partial charge on any atom is -0.493 e. The number of ketones is 1. The van der Waals surface area contributed by atoms with Gasteiger partial charge in [0.25, 0.3) is 0 Å². The van der Waals surface area contributed by atoms with Crippen molar-refractivity contribution in [3.05, 3.63) is 71.5 Å². The van der Waals surface area contributed by atoms with Gasteiger partial charge in [-0.05, 0) is 47.5 Å². The number of thioether (sulfide) groups is 1. The highest BCUT2D eigenvalue weighted by Gasteiger charge is 2.15. The van der Waals surface area contributed by atoms with Crippen molar-refractivity contribution in [2.24, 2.45) is 7.05 Å². The molecule has 0 spiro atoms. The normalized spacial score (nSPS) is 10.9. The maximum Gasteiger partial charge on any atom is 0.191 e. The Morgan fingerprint density at radius 2 is 1.73 bits per heavy atom. The smallest absolute Gasteiger partial charge is 0.191 e. The van der Waals surface area contributed by atoms with Gasteiger partial charge in [-0.15, -0.1) is 10.2 Å². The van der Waals surface area contributed by atoms with Crippen LogP contribution in [0.15, 0.2) is 59.8 Å². The molecular formula is C25H25N3O4S. The lowest BCUT2D eigenvalue weighted by Crippen LogP contribution is -2.07. The molecule has 1 aromatic heterocycles. The van der Waals surface area contributed by atoms with Crippen molar-refractivity contribution < 1.29 is 19.0 Å². The summed E-state index contributed by atoms with van der Waals surface area (Å²) in [6, 6.07) is 17.4. The number of hydrogen-bond acceptors (Lipinski definition) is 7. The van der Waals surface area contributed by atoms with E-state index in [1.165, 1.54) is 17.1 Å². The first-order chi connectivity index (χ1) is 16.0. The fourth-order valence-corrected chi connectivity index (χ4v) is 4.35. The number of fused-ring (bicyclic) bond motifs is 1. The van der Waals surface area contributed by atoms with E-state index in [4.69, 9.17) is 14.2 Å². The molecule has 0 N–H and O–H groups in total. The van der Waals surface area contributed by atoms with E-state index < -0.39 is 0 Å². The zero-order chi connectivity index (χ0) is 23.4. The molecule has 0 bridgehead atoms. The van der Waals surface area contributed by atoms with E-state index in [0.29, 0.717) is 28.0 Å². The van der Waals surface area contributed by atoms with E-state index in [0.717, 1.165) is 16.7 Å². The number of benzene rings is 3. The lowest BCUT2D eigenvalue weighted by atomic mass is 10.0. The van der Waals surface area contributed by atoms with Crippen LogP contribution in [0.2, 0.25) is 0 Å². The SMILES string of the molecule is COc1ccc(C(=O)CSc2nnc(COc3ccc4ccccc4c3C)n2C)cc1OC. The van der Waals surface area contributed by atoms with E-state index in [9.17, 15) is 4.79 Å². The molecule has 0 fully saturated rings. The van der Waals surface area contributed by atoms with Crippen molar-refractivity contribution in [3.63, 3.8) is 0 Å². The van der Waals surface area contributed by atoms with Gasteiger partial charge in [-0.1, -0.05) is 42.1 Å². The van der Waals surface area contributed by atoms with Crippen molar-refractivity contribution in [3.8, 4) is 17.2 Å². The van der Waals surface area contributed by atoms with Crippen molar-refractivity contribution in [2.45, 2.75) is 18.7 Å². The number of hydrogen-bond donors (Lipinski definition) is 0. The highest BCUT2D eigenvalue weighted by atomic mass is 32.2. The summed E-state index contributed by atoms with van der Waals surface area (Å²) >= 11 is 1.33. The summed E-state index contributed by atoms with van der Waals surface area (Å²) in [5.41, 5.74) is 1.64. The summed E-state index contributed by atoms with van der Waals surface area (Å²) in [6.07, 6.45) is 0. The molecule has 0 aliphatic heterocycles. The van der Waals surface area contributed by atoms with Crippen LogP contribution < -0.4 is 14.2 Å². The molecule has 1 heterocycles. The van der Waals surface area contributed by atoms with Gasteiger partial charge in [0, 0.05) is 12.6 Å². The van der Waals surface area contributed by atoms with Gasteiger partial charge < -0.3 is 18.8 Å². The molecular weight excluding hydrogens is 438 g/mol. The Kier molecular flexibility index (Phi) is 6.84. The van der Waals surface area contributed by atoms with Gasteiger partial charge in [0.15, 0.2) is 28.3 Å². The van der Waals surface area contributed by atoms with Crippen molar-refractivity contribution in [2.75, 3.05) is 20.0 Å². The monoisotopic (exact) mass is 463 g/mol. The van der Waals surface area contributed by atoms with Gasteiger partial charge in [-0.25, -0.2) is 0 Å². The topological polar surface area (TPSA) is 75.5 Å². The highest BCUT2D eigenvalue weighted by Crippen LogP contribution is 2.29. The fourth-order valence-electron chi connectivity index (χ4n) is 3.53. The predicted molar refractivity (Wildman–Crippen MR) is 129 cm³/mol. The third-order valence-electron chi connectivity index (χ3n) is 5.47. The van der Waals surface area contributed by atoms with Gasteiger partial charge in [-0.2, -0.15) is 0 Å². The zero-order valence-electron chi connectivity index (χ0n) is 19.0. The Bertz CT molecular complexity index is 1300. The van der Waals surface area contributed by atoms with Crippen LogP contribution in [0, 0.1) is 6.92 Å². The molecule has 0 radical (unpaired) electrons. The number of aryl methyl sites for hydroxylation is 1. The minimum atomic E-state index is -0.0338. The molecule has 7 nitrogen and oxygen atoms in total. The second-order valence-electron chi connectivity index (χ2n) is 7.44. The van der Waals surface area contributed by atoms with Gasteiger partial charge in [-0.3, -0.25) is 4.79 Å². The highest BCUT2D eigenvalue weighted by molar-refractivity contribution is 7.99. The number of aromatic nitrogens is 3. The summed E-state index contributed by atoms with van der Waals surface area (Å²) in [6.45, 7) is 2.34. The van der Waals surface area contributed by atoms with Gasteiger partial charge in [0.1, 0.15) is 12.4 Å². The lowest BCUT2D eigenvalue weighted by molar-refractivity contribution is 0.102. The van der Waals surface area contributed by atoms with Crippen LogP contribution in [0.1, 0.15) is 21.7 Å². The van der Waals surface area contributed by atoms with Gasteiger partial charge >= 0.3 is 0 Å². The molecule has 0 aliphatic rings. The van der Waals surface area contributed by atoms with Crippen LogP contribution in [-0.4, -0.2) is 40.5 Å². The summed E-state index contributed by atoms with van der Waals surface area (Å²) in [4.78, 5) is 12.7. The maximum absolute atomic E-state index is 12.7. The summed E-state index contributed by atoms with van der Waals surface area (Å²) < 4.78 is 18.4. The predicted octanol–water partition coefficient (Wildman–Crippen LogP) is 4.85. The Balaban J connectivity index is 1.40. The number of ether oxygens (including phenoxy) is 3. The van der Waals surface area contributed by atoms with Gasteiger partial charge in [0.2, 0.25) is 0 Å². The molecule has 0 amide bonds. The first kappa shape index (κ1) is 22.7. The van der Waals surface area contributed by atoms with Crippen LogP contribution in [0.3, 0.4) is 0 Å². The Morgan fingerprint density at radius 3 is 2.52 bits per heavy atom. The molecule has 0 saturated heterocycles. The molecule has 0 unspecified atom stereocenters. The Labute approximate surface area is 196 Å². The number of rotatable bonds is 9. The largest absolute Gasteiger partial charge is 0.493 e. The molecule has 4 aromatic rings. The van der Waals surface area contributed by atoms with E-state index in [1.54, 1.807) is 32.4 Å². The second kappa shape index (κ2) is 9.95. The van der Waals surface area contributed by atoms with E-state index in [1.807, 2.05) is 29.8 Å². The van der Waals surface area contributed by atoms with Crippen LogP contribution in [-0.2, 0) is 13.7 Å². The van der Waals surface area contributed by atoms with E-state index in [-0.39, 0.29) is 18.1 Å². The zero-order valence-corrected chi connectivity index (χ0v) is 19.8. The first-order valence-corrected chi connectivity index (χ1v) is 11.4. The second-order valence-corrected chi connectivity index (χ2v) is 8.38. The number of nitrogens with zero attached hydrogens (tertiary/aromatic N) is 3. The number of carbonyl (C=O) groups is 1. The minimum absolute atomic E-state index is 0.0338. The maximum atomic E-state index is 12.7. The molecule has 170 valence electrons. The van der Waals surface area contributed by atoms with Gasteiger partial charge in [0.05, 0.1) is 20.0 Å². The number of Topliss-reactive ketones (excluding diaryl/α,β-unsaturated/α-hetero) is 1. The molecule has 33 heavy (non-hydrogen) atoms. The lowest BCUT2D eigenvalue weighted by Gasteiger charge is -2.11. The van der Waals surface area contributed by atoms with Crippen molar-refractivity contribution >= 4 is 28.3 Å². The van der Waals surface area contributed by atoms with Crippen LogP contribution >= 0.6 is 11.8 Å². The quantitative estimate of drug-likeness (QED) is 0.259. The fraction of sp³-hybridized carbons (Fsp3) is 0.240. The number of carbonyl (C=O) groups excluding carboxylic acids is 1. The summed E-state index contributed by atoms with van der Waals surface area (Å²) in [5.74, 6) is 2.80. The van der Waals surface area contributed by atoms with Crippen LogP contribution in [0.25, 0.3) is 10.8 Å². The Morgan fingerprint density at radius 1 is 0.970 bits per heavy atom. The van der Waals surface area contributed by atoms with Crippen LogP contribution in [0.4, 0.5) is 0 Å². The average Bonchev–Trinajstić information content (AvgIpc) is 3.20. The standard InChI is InChI=1S/C25H25N3O4S/c1-16-19-8-6-5-7-17(19)9-11-21(16)32-14-24-26-27-25(28(24)2)33-15-20(29)18-10-12-22(30-3)23(13-18)31-4/h5-13H,14-15H2,1-4H3. The van der Waals surface area contributed by atoms with Crippen LogP contribution in [0.5, 0.6) is 17.2 Å². The average molecular weight is 464 g/mol. The molecule has 0 aliphatic carbocycles. The molecule has 0 atom stereocenters. The first-order valence-electron chi connectivity index (χ1n) is 10.4. The number of methoxy groups -OCH3 is 2. The molecule has 4 rings (SSSR count). The third kappa shape index (κ3) is 4.80. The molecule has 3 aromatic carbocycles. The Hall–Kier alpha value is -3.52. The molecule has 0 saturated carbocycles. The summed E-state index contributed by atoms with van der Waals surface area (Å²) in [7, 11) is 4.98. The van der Waals surface area contributed by atoms with Crippen molar-refractivity contribution in [1.82, 2.24) is 14.8 Å². The van der Waals surface area contributed by atoms with E-state index in [2.05, 4.69) is 35.3 Å². The van der Waals surface area contributed by atoms with E-state index >= 15 is 0 Å².